The first-order chi connectivity index (χ1) is 18.3. The molecule has 38 heavy (non-hydrogen) atoms. The Morgan fingerprint density at radius 2 is 1.92 bits per heavy atom. The number of aryl methyl sites for hydroxylation is 1. The normalized spacial score (nSPS) is 23.4. The number of hydrogen-bond donors (Lipinski definition) is 0. The van der Waals surface area contributed by atoms with Crippen LogP contribution in [0.1, 0.15) is 40.7 Å². The van der Waals surface area contributed by atoms with Gasteiger partial charge in [-0.3, -0.25) is 4.79 Å². The minimum Gasteiger partial charge on any atom is -0.493 e. The summed E-state index contributed by atoms with van der Waals surface area (Å²) >= 11 is 0. The van der Waals surface area contributed by atoms with Crippen LogP contribution in [0.2, 0.25) is 0 Å². The molecule has 1 amide bonds. The van der Waals surface area contributed by atoms with Crippen molar-refractivity contribution in [2.75, 3.05) is 31.3 Å². The highest BCUT2D eigenvalue weighted by molar-refractivity contribution is 6.13. The predicted molar refractivity (Wildman–Crippen MR) is 135 cm³/mol. The lowest BCUT2D eigenvalue weighted by Crippen LogP contribution is -2.45. The lowest BCUT2D eigenvalue weighted by atomic mass is 9.73. The number of amides is 1. The largest absolute Gasteiger partial charge is 0.493 e. The molecule has 0 aliphatic carbocycles. The second kappa shape index (κ2) is 8.24. The molecule has 0 bridgehead atoms. The highest BCUT2D eigenvalue weighted by atomic mass is 19.4. The van der Waals surface area contributed by atoms with Crippen LogP contribution < -0.4 is 14.4 Å². The van der Waals surface area contributed by atoms with E-state index in [9.17, 15) is 18.0 Å². The van der Waals surface area contributed by atoms with Crippen molar-refractivity contribution in [2.45, 2.75) is 43.9 Å². The second-order valence-electron chi connectivity index (χ2n) is 10.6. The van der Waals surface area contributed by atoms with Crippen LogP contribution >= 0.6 is 0 Å². The number of alkyl halides is 3. The van der Waals surface area contributed by atoms with E-state index in [0.29, 0.717) is 53.4 Å². The van der Waals surface area contributed by atoms with Crippen molar-refractivity contribution in [1.29, 1.82) is 0 Å². The molecule has 1 spiro atoms. The van der Waals surface area contributed by atoms with Crippen molar-refractivity contribution < 1.29 is 32.2 Å². The summed E-state index contributed by atoms with van der Waals surface area (Å²) in [7, 11) is 0. The van der Waals surface area contributed by atoms with E-state index in [1.54, 1.807) is 17.9 Å². The van der Waals surface area contributed by atoms with Gasteiger partial charge in [-0.1, -0.05) is 18.2 Å². The van der Waals surface area contributed by atoms with Crippen LogP contribution in [0.25, 0.3) is 11.1 Å². The number of halogens is 3. The number of carbonyl (C=O) groups excluding carboxylic acids is 1. The summed E-state index contributed by atoms with van der Waals surface area (Å²) in [6.07, 6.45) is -2.05. The fourth-order valence-corrected chi connectivity index (χ4v) is 6.48. The Morgan fingerprint density at radius 3 is 2.71 bits per heavy atom. The molecule has 0 saturated carbocycles. The van der Waals surface area contributed by atoms with Gasteiger partial charge in [0.25, 0.3) is 0 Å². The number of ether oxygens (including phenoxy) is 3. The van der Waals surface area contributed by atoms with Crippen LogP contribution in [0, 0.1) is 6.92 Å². The number of nitrogens with zero attached hydrogens (tertiary/aromatic N) is 1. The van der Waals surface area contributed by atoms with Gasteiger partial charge in [0.1, 0.15) is 23.5 Å². The summed E-state index contributed by atoms with van der Waals surface area (Å²) in [5.74, 6) is 1.21. The SMILES string of the molecule is Cc1cc(-c2cccc3c2C2(COc4cc5c(cc42)CCO5)C(=O)N3C[C@H]2CCCO2)cc(C(F)(F)F)c1. The smallest absolute Gasteiger partial charge is 0.416 e. The van der Waals surface area contributed by atoms with Crippen molar-refractivity contribution in [3.05, 3.63) is 76.3 Å². The second-order valence-corrected chi connectivity index (χ2v) is 10.6. The third kappa shape index (κ3) is 3.39. The predicted octanol–water partition coefficient (Wildman–Crippen LogP) is 5.82. The summed E-state index contributed by atoms with van der Waals surface area (Å²) < 4.78 is 59.2. The Bertz CT molecular complexity index is 1480. The summed E-state index contributed by atoms with van der Waals surface area (Å²) in [5.41, 5.74) is 2.81. The maximum Gasteiger partial charge on any atom is 0.416 e. The van der Waals surface area contributed by atoms with E-state index >= 15 is 0 Å². The summed E-state index contributed by atoms with van der Waals surface area (Å²) in [6, 6.07) is 13.4. The quantitative estimate of drug-likeness (QED) is 0.436. The zero-order valence-electron chi connectivity index (χ0n) is 20.9. The van der Waals surface area contributed by atoms with Gasteiger partial charge in [-0.25, -0.2) is 0 Å². The Kier molecular flexibility index (Phi) is 5.11. The van der Waals surface area contributed by atoms with Gasteiger partial charge in [-0.2, -0.15) is 13.2 Å². The number of fused-ring (bicyclic) bond motifs is 5. The number of benzene rings is 3. The Morgan fingerprint density at radius 1 is 1.05 bits per heavy atom. The summed E-state index contributed by atoms with van der Waals surface area (Å²) in [4.78, 5) is 16.3. The molecule has 1 fully saturated rings. The fourth-order valence-electron chi connectivity index (χ4n) is 6.48. The number of hydrogen-bond acceptors (Lipinski definition) is 4. The maximum atomic E-state index is 14.5. The third-order valence-corrected chi connectivity index (χ3v) is 8.19. The molecule has 3 aromatic rings. The standard InChI is InChI=1S/C30H26F3NO4/c1-17-10-19(12-20(11-17)30(31,32)33)22-5-2-6-24-27(22)29(28(35)34(24)15-21-4-3-8-36-21)16-38-26-14-25-18(7-9-37-25)13-23(26)29/h2,5-6,10-14,21H,3-4,7-9,15-16H2,1H3/t21-,29?/m1/s1. The fraction of sp³-hybridized carbons (Fsp3) is 0.367. The minimum atomic E-state index is -4.48. The van der Waals surface area contributed by atoms with Gasteiger partial charge in [-0.15, -0.1) is 0 Å². The van der Waals surface area contributed by atoms with E-state index in [-0.39, 0.29) is 18.6 Å². The molecule has 1 unspecified atom stereocenters. The van der Waals surface area contributed by atoms with E-state index in [0.717, 1.165) is 42.2 Å². The molecule has 0 N–H and O–H groups in total. The lowest BCUT2D eigenvalue weighted by molar-refractivity contribution is -0.137. The zero-order chi connectivity index (χ0) is 26.2. The lowest BCUT2D eigenvalue weighted by Gasteiger charge is -2.25. The van der Waals surface area contributed by atoms with Gasteiger partial charge < -0.3 is 19.1 Å². The van der Waals surface area contributed by atoms with Gasteiger partial charge in [-0.05, 0) is 66.3 Å². The van der Waals surface area contributed by atoms with Crippen molar-refractivity contribution in [3.63, 3.8) is 0 Å². The molecule has 5 nitrogen and oxygen atoms in total. The molecule has 4 aliphatic heterocycles. The maximum absolute atomic E-state index is 14.5. The molecule has 8 heteroatoms. The first-order valence-corrected chi connectivity index (χ1v) is 12.9. The van der Waals surface area contributed by atoms with Gasteiger partial charge >= 0.3 is 6.18 Å². The highest BCUT2D eigenvalue weighted by Crippen LogP contribution is 2.56. The molecule has 3 aromatic carbocycles. The van der Waals surface area contributed by atoms with Crippen LogP contribution in [0.3, 0.4) is 0 Å². The molecule has 4 heterocycles. The zero-order valence-corrected chi connectivity index (χ0v) is 20.9. The Hall–Kier alpha value is -3.52. The highest BCUT2D eigenvalue weighted by Gasteiger charge is 2.58. The van der Waals surface area contributed by atoms with Gasteiger partial charge in [0, 0.05) is 35.9 Å². The average Bonchev–Trinajstić information content (AvgIpc) is 3.67. The van der Waals surface area contributed by atoms with E-state index < -0.39 is 17.2 Å². The Labute approximate surface area is 218 Å². The van der Waals surface area contributed by atoms with Crippen molar-refractivity contribution in [2.24, 2.45) is 0 Å². The molecule has 0 aromatic heterocycles. The monoisotopic (exact) mass is 521 g/mol. The van der Waals surface area contributed by atoms with Crippen LogP contribution in [-0.4, -0.2) is 38.4 Å². The topological polar surface area (TPSA) is 48.0 Å². The molecule has 4 aliphatic rings. The Balaban J connectivity index is 1.47. The van der Waals surface area contributed by atoms with Crippen molar-refractivity contribution in [3.8, 4) is 22.6 Å². The van der Waals surface area contributed by atoms with Crippen LogP contribution in [0.5, 0.6) is 11.5 Å². The number of rotatable bonds is 3. The van der Waals surface area contributed by atoms with E-state index in [4.69, 9.17) is 14.2 Å². The third-order valence-electron chi connectivity index (χ3n) is 8.19. The van der Waals surface area contributed by atoms with Crippen LogP contribution in [0.4, 0.5) is 18.9 Å². The van der Waals surface area contributed by atoms with Crippen LogP contribution in [-0.2, 0) is 27.5 Å². The molecule has 196 valence electrons. The molecule has 7 rings (SSSR count). The molecular weight excluding hydrogens is 495 g/mol. The van der Waals surface area contributed by atoms with Crippen molar-refractivity contribution in [1.82, 2.24) is 0 Å². The van der Waals surface area contributed by atoms with E-state index in [1.807, 2.05) is 30.3 Å². The average molecular weight is 522 g/mol. The molecular formula is C30H26F3NO4. The van der Waals surface area contributed by atoms with Gasteiger partial charge in [0.2, 0.25) is 5.91 Å². The van der Waals surface area contributed by atoms with E-state index in [1.165, 1.54) is 6.07 Å². The summed E-state index contributed by atoms with van der Waals surface area (Å²) in [6.45, 7) is 3.35. The number of anilines is 1. The minimum absolute atomic E-state index is 0.0774. The summed E-state index contributed by atoms with van der Waals surface area (Å²) in [5, 5.41) is 0. The van der Waals surface area contributed by atoms with Crippen LogP contribution in [0.15, 0.2) is 48.5 Å². The van der Waals surface area contributed by atoms with E-state index in [2.05, 4.69) is 0 Å². The molecule has 1 saturated heterocycles. The number of carbonyl (C=O) groups is 1. The van der Waals surface area contributed by atoms with Gasteiger partial charge in [0.05, 0.1) is 24.8 Å². The molecule has 2 atom stereocenters. The van der Waals surface area contributed by atoms with Gasteiger partial charge in [0.15, 0.2) is 0 Å². The van der Waals surface area contributed by atoms with Crippen molar-refractivity contribution >= 4 is 11.6 Å². The first kappa shape index (κ1) is 23.6. The first-order valence-electron chi connectivity index (χ1n) is 12.9. The molecule has 0 radical (unpaired) electrons.